The Morgan fingerprint density at radius 2 is 2.10 bits per heavy atom. The summed E-state index contributed by atoms with van der Waals surface area (Å²) in [4.78, 5) is 23.5. The highest BCUT2D eigenvalue weighted by molar-refractivity contribution is 5.76. The van der Waals surface area contributed by atoms with Gasteiger partial charge in [0.2, 0.25) is 12.3 Å². The summed E-state index contributed by atoms with van der Waals surface area (Å²) in [5.74, 6) is 0.834. The fraction of sp³-hybridized carbons (Fsp3) is 0.625. The second kappa shape index (κ2) is 17.5. The number of hydrogen-bond acceptors (Lipinski definition) is 4. The average Bonchev–Trinajstić information content (AvgIpc) is 3.40. The van der Waals surface area contributed by atoms with Crippen molar-refractivity contribution in [3.8, 4) is 0 Å². The minimum Gasteiger partial charge on any atom is -0.365 e. The maximum atomic E-state index is 11.6. The van der Waals surface area contributed by atoms with E-state index < -0.39 is 0 Å². The van der Waals surface area contributed by atoms with Gasteiger partial charge in [0.25, 0.3) is 0 Å². The van der Waals surface area contributed by atoms with E-state index in [-0.39, 0.29) is 0 Å². The van der Waals surface area contributed by atoms with E-state index in [1.807, 2.05) is 25.7 Å². The summed E-state index contributed by atoms with van der Waals surface area (Å²) >= 11 is 0. The second-order valence-electron chi connectivity index (χ2n) is 7.57. The first kappa shape index (κ1) is 27.6. The number of amides is 2. The molecule has 1 unspecified atom stereocenters. The number of carbonyl (C=O) groups is 2. The van der Waals surface area contributed by atoms with Gasteiger partial charge in [0, 0.05) is 31.6 Å². The summed E-state index contributed by atoms with van der Waals surface area (Å²) in [7, 11) is 0. The molecule has 1 aliphatic heterocycles. The van der Waals surface area contributed by atoms with Crippen LogP contribution in [0.25, 0.3) is 0 Å². The van der Waals surface area contributed by atoms with Gasteiger partial charge in [-0.05, 0) is 51.0 Å². The summed E-state index contributed by atoms with van der Waals surface area (Å²) in [6, 6.07) is 2.29. The van der Waals surface area contributed by atoms with Gasteiger partial charge in [-0.25, -0.2) is 0 Å². The molecule has 1 aromatic heterocycles. The Morgan fingerprint density at radius 1 is 1.37 bits per heavy atom. The topological polar surface area (TPSA) is 75.4 Å². The molecule has 0 saturated carbocycles. The van der Waals surface area contributed by atoms with E-state index in [0.29, 0.717) is 30.8 Å². The lowest BCUT2D eigenvalue weighted by Crippen LogP contribution is -2.34. The first-order chi connectivity index (χ1) is 14.4. The molecule has 1 N–H and O–H groups in total. The van der Waals surface area contributed by atoms with Gasteiger partial charge < -0.3 is 14.7 Å². The molecular weight excluding hydrogens is 378 g/mol. The summed E-state index contributed by atoms with van der Waals surface area (Å²) in [5, 5.41) is 6.16. The third-order valence-corrected chi connectivity index (χ3v) is 4.48. The van der Waals surface area contributed by atoms with E-state index in [1.54, 1.807) is 12.3 Å². The van der Waals surface area contributed by atoms with Crippen molar-refractivity contribution in [3.05, 3.63) is 41.8 Å². The smallest absolute Gasteiger partial charge is 0.223 e. The van der Waals surface area contributed by atoms with Crippen molar-refractivity contribution in [3.63, 3.8) is 0 Å². The van der Waals surface area contributed by atoms with Crippen molar-refractivity contribution < 1.29 is 14.1 Å². The highest BCUT2D eigenvalue weighted by atomic mass is 16.5. The largest absolute Gasteiger partial charge is 0.365 e. The van der Waals surface area contributed by atoms with Crippen molar-refractivity contribution in [2.75, 3.05) is 13.1 Å². The van der Waals surface area contributed by atoms with Gasteiger partial charge in [-0.15, -0.1) is 0 Å². The Balaban J connectivity index is 0.000000421. The summed E-state index contributed by atoms with van der Waals surface area (Å²) in [6.07, 6.45) is 13.9. The van der Waals surface area contributed by atoms with Crippen LogP contribution >= 0.6 is 0 Å². The molecule has 0 radical (unpaired) electrons. The highest BCUT2D eigenvalue weighted by Gasteiger charge is 2.24. The van der Waals surface area contributed by atoms with Crippen LogP contribution in [0.5, 0.6) is 0 Å². The van der Waals surface area contributed by atoms with E-state index in [4.69, 9.17) is 0 Å². The summed E-state index contributed by atoms with van der Waals surface area (Å²) < 4.78 is 4.46. The molecule has 2 aliphatic rings. The van der Waals surface area contributed by atoms with E-state index in [0.717, 1.165) is 31.5 Å². The van der Waals surface area contributed by atoms with Gasteiger partial charge in [-0.1, -0.05) is 51.1 Å². The number of carbonyl (C=O) groups excluding carboxylic acids is 2. The lowest BCUT2D eigenvalue weighted by Gasteiger charge is -2.22. The molecule has 1 aliphatic carbocycles. The third kappa shape index (κ3) is 13.0. The van der Waals surface area contributed by atoms with Crippen molar-refractivity contribution in [2.45, 2.75) is 79.7 Å². The molecule has 6 nitrogen and oxygen atoms in total. The van der Waals surface area contributed by atoms with Crippen molar-refractivity contribution in [1.82, 2.24) is 15.4 Å². The molecule has 30 heavy (non-hydrogen) atoms. The third-order valence-electron chi connectivity index (χ3n) is 4.48. The first-order valence-electron chi connectivity index (χ1n) is 11.1. The molecule has 0 bridgehead atoms. The van der Waals surface area contributed by atoms with E-state index in [2.05, 4.69) is 54.0 Å². The SMILES string of the molecule is CC.CC(C)CC(=O)N1CCCC1C.Cc1ccon1.O=CNCC1=CCCC=C1. The zero-order valence-corrected chi connectivity index (χ0v) is 19.7. The molecule has 6 heteroatoms. The molecule has 0 aromatic carbocycles. The molecule has 2 amide bonds. The highest BCUT2D eigenvalue weighted by Crippen LogP contribution is 2.18. The standard InChI is InChI=1S/C10H19NO.C8H11NO.C4H5NO.C2H6/c1-8(2)7-10(12)11-6-4-5-9(11)3;10-7-9-6-8-4-2-1-3-5-8;1-4-2-3-6-5-4;1-2/h8-9H,4-7H2,1-3H3;2,4-5,7H,1,3,6H2,(H,9,10);2-3H,1H3;1-2H3. The van der Waals surface area contributed by atoms with Crippen LogP contribution in [-0.2, 0) is 9.59 Å². The molecule has 1 saturated heterocycles. The van der Waals surface area contributed by atoms with Gasteiger partial charge >= 0.3 is 0 Å². The number of hydrogen-bond donors (Lipinski definition) is 1. The molecule has 1 aromatic rings. The van der Waals surface area contributed by atoms with Gasteiger partial charge in [0.1, 0.15) is 6.26 Å². The average molecular weight is 420 g/mol. The van der Waals surface area contributed by atoms with Gasteiger partial charge in [-0.2, -0.15) is 0 Å². The zero-order valence-electron chi connectivity index (χ0n) is 19.7. The Labute approximate surface area is 182 Å². The Morgan fingerprint density at radius 3 is 2.50 bits per heavy atom. The second-order valence-corrected chi connectivity index (χ2v) is 7.57. The van der Waals surface area contributed by atoms with Crippen LogP contribution in [0.2, 0.25) is 0 Å². The van der Waals surface area contributed by atoms with Crippen LogP contribution in [0.15, 0.2) is 40.7 Å². The lowest BCUT2D eigenvalue weighted by atomic mass is 10.1. The minimum absolute atomic E-state index is 0.343. The Bertz CT molecular complexity index is 622. The number of aromatic nitrogens is 1. The number of aryl methyl sites for hydroxylation is 1. The normalized spacial score (nSPS) is 16.8. The molecular formula is C24H41N3O3. The predicted octanol–water partition coefficient (Wildman–Crippen LogP) is 5.06. The van der Waals surface area contributed by atoms with E-state index in [9.17, 15) is 9.59 Å². The van der Waals surface area contributed by atoms with Gasteiger partial charge in [0.05, 0.1) is 5.69 Å². The van der Waals surface area contributed by atoms with Crippen molar-refractivity contribution in [2.24, 2.45) is 5.92 Å². The monoisotopic (exact) mass is 419 g/mol. The van der Waals surface area contributed by atoms with Crippen molar-refractivity contribution in [1.29, 1.82) is 0 Å². The van der Waals surface area contributed by atoms with Crippen molar-refractivity contribution >= 4 is 12.3 Å². The van der Waals surface area contributed by atoms with Gasteiger partial charge in [0.15, 0.2) is 0 Å². The first-order valence-corrected chi connectivity index (χ1v) is 11.1. The number of nitrogens with one attached hydrogen (secondary N) is 1. The molecule has 2 heterocycles. The lowest BCUT2D eigenvalue weighted by molar-refractivity contribution is -0.132. The van der Waals surface area contributed by atoms with E-state index >= 15 is 0 Å². The molecule has 1 atom stereocenters. The number of likely N-dealkylation sites (tertiary alicyclic amines) is 1. The maximum Gasteiger partial charge on any atom is 0.223 e. The summed E-state index contributed by atoms with van der Waals surface area (Å²) in [6.45, 7) is 13.9. The van der Waals surface area contributed by atoms with Crippen LogP contribution in [0.4, 0.5) is 0 Å². The molecule has 1 fully saturated rings. The zero-order chi connectivity index (χ0) is 22.8. The maximum absolute atomic E-state index is 11.6. The van der Waals surface area contributed by atoms with Crippen LogP contribution in [-0.4, -0.2) is 41.5 Å². The van der Waals surface area contributed by atoms with E-state index in [1.165, 1.54) is 18.4 Å². The predicted molar refractivity (Wildman–Crippen MR) is 123 cm³/mol. The van der Waals surface area contributed by atoms with Crippen LogP contribution < -0.4 is 5.32 Å². The fourth-order valence-electron chi connectivity index (χ4n) is 3.00. The Kier molecular flexibility index (Phi) is 16.1. The fourth-order valence-corrected chi connectivity index (χ4v) is 3.00. The van der Waals surface area contributed by atoms with Crippen LogP contribution in [0, 0.1) is 12.8 Å². The molecule has 3 rings (SSSR count). The number of nitrogens with zero attached hydrogens (tertiary/aromatic N) is 2. The summed E-state index contributed by atoms with van der Waals surface area (Å²) in [5.41, 5.74) is 2.13. The van der Waals surface area contributed by atoms with Gasteiger partial charge in [-0.3, -0.25) is 9.59 Å². The number of rotatable bonds is 5. The number of allylic oxidation sites excluding steroid dienone is 2. The molecule has 0 spiro atoms. The van der Waals surface area contributed by atoms with Crippen LogP contribution in [0.1, 0.15) is 72.4 Å². The van der Waals surface area contributed by atoms with Crippen LogP contribution in [0.3, 0.4) is 0 Å². The Hall–Kier alpha value is -2.37. The minimum atomic E-state index is 0.343. The quantitative estimate of drug-likeness (QED) is 0.677. The molecule has 170 valence electrons.